The summed E-state index contributed by atoms with van der Waals surface area (Å²) in [5.74, 6) is 1.47. The Labute approximate surface area is 145 Å². The van der Waals surface area contributed by atoms with Gasteiger partial charge in [0.25, 0.3) is 0 Å². The second-order valence-corrected chi connectivity index (χ2v) is 7.79. The summed E-state index contributed by atoms with van der Waals surface area (Å²) < 4.78 is 5.43. The predicted octanol–water partition coefficient (Wildman–Crippen LogP) is 0.814. The van der Waals surface area contributed by atoms with E-state index in [9.17, 15) is 9.59 Å². The maximum atomic E-state index is 12.8. The molecule has 0 aromatic heterocycles. The molecule has 3 rings (SSSR count). The Morgan fingerprint density at radius 3 is 2.71 bits per heavy atom. The number of likely N-dealkylation sites (tertiary alicyclic amines) is 2. The highest BCUT2D eigenvalue weighted by atomic mass is 16.5. The Morgan fingerprint density at radius 2 is 2.00 bits per heavy atom. The maximum Gasteiger partial charge on any atom is 0.241 e. The van der Waals surface area contributed by atoms with E-state index in [-0.39, 0.29) is 24.4 Å². The van der Waals surface area contributed by atoms with Crippen LogP contribution in [0.15, 0.2) is 0 Å². The zero-order chi connectivity index (χ0) is 17.1. The molecule has 6 heteroatoms. The Hall–Kier alpha value is -1.14. The number of fused-ring (bicyclic) bond motifs is 2. The zero-order valence-electron chi connectivity index (χ0n) is 15.1. The van der Waals surface area contributed by atoms with E-state index in [4.69, 9.17) is 4.74 Å². The van der Waals surface area contributed by atoms with Gasteiger partial charge in [0, 0.05) is 33.9 Å². The van der Waals surface area contributed by atoms with Crippen molar-refractivity contribution < 1.29 is 14.3 Å². The smallest absolute Gasteiger partial charge is 0.241 e. The Kier molecular flexibility index (Phi) is 5.76. The summed E-state index contributed by atoms with van der Waals surface area (Å²) >= 11 is 0. The standard InChI is InChI=1S/C18H31N3O3/c1-19(2)17(22)13-21-12-15-4-8-20(16(11-15)18(21)23)7-3-14-5-9-24-10-6-14/h14-16H,3-13H2,1-2H3/t15-,16+/m0/s1. The lowest BCUT2D eigenvalue weighted by Gasteiger charge is -2.46. The van der Waals surface area contributed by atoms with Gasteiger partial charge in [0.05, 0.1) is 12.6 Å². The predicted molar refractivity (Wildman–Crippen MR) is 91.5 cm³/mol. The molecule has 136 valence electrons. The number of carbonyl (C=O) groups excluding carboxylic acids is 2. The minimum atomic E-state index is -0.00713. The lowest BCUT2D eigenvalue weighted by Crippen LogP contribution is -2.60. The first-order valence-electron chi connectivity index (χ1n) is 9.35. The molecule has 24 heavy (non-hydrogen) atoms. The number of carbonyl (C=O) groups is 2. The Bertz CT molecular complexity index is 462. The summed E-state index contributed by atoms with van der Waals surface area (Å²) in [4.78, 5) is 30.6. The van der Waals surface area contributed by atoms with Gasteiger partial charge in [-0.2, -0.15) is 0 Å². The number of likely N-dealkylation sites (N-methyl/N-ethyl adjacent to an activating group) is 1. The number of amides is 2. The van der Waals surface area contributed by atoms with Crippen molar-refractivity contribution in [1.82, 2.24) is 14.7 Å². The van der Waals surface area contributed by atoms with Crippen LogP contribution >= 0.6 is 0 Å². The maximum absolute atomic E-state index is 12.8. The highest BCUT2D eigenvalue weighted by Gasteiger charge is 2.41. The van der Waals surface area contributed by atoms with E-state index in [0.717, 1.165) is 70.9 Å². The normalized spacial score (nSPS) is 28.9. The van der Waals surface area contributed by atoms with Gasteiger partial charge in [0.2, 0.25) is 11.8 Å². The SMILES string of the molecule is CN(C)C(=O)CN1C[C@H]2CCN(CCC3CCOCC3)[C@H](C2)C1=O. The lowest BCUT2D eigenvalue weighted by atomic mass is 9.85. The number of ether oxygens (including phenoxy) is 1. The number of hydrogen-bond donors (Lipinski definition) is 0. The minimum Gasteiger partial charge on any atom is -0.381 e. The van der Waals surface area contributed by atoms with E-state index < -0.39 is 0 Å². The molecular formula is C18H31N3O3. The first-order chi connectivity index (χ1) is 11.5. The van der Waals surface area contributed by atoms with Gasteiger partial charge in [-0.1, -0.05) is 0 Å². The van der Waals surface area contributed by atoms with Gasteiger partial charge in [-0.25, -0.2) is 0 Å². The quantitative estimate of drug-likeness (QED) is 0.745. The zero-order valence-corrected chi connectivity index (χ0v) is 15.1. The van der Waals surface area contributed by atoms with E-state index in [0.29, 0.717) is 5.92 Å². The first kappa shape index (κ1) is 17.7. The molecule has 2 atom stereocenters. The van der Waals surface area contributed by atoms with Crippen molar-refractivity contribution in [2.75, 3.05) is 53.5 Å². The van der Waals surface area contributed by atoms with Gasteiger partial charge in [-0.15, -0.1) is 0 Å². The van der Waals surface area contributed by atoms with Crippen LogP contribution in [-0.4, -0.2) is 86.0 Å². The molecule has 2 amide bonds. The van der Waals surface area contributed by atoms with Crippen molar-refractivity contribution in [2.45, 2.75) is 38.1 Å². The summed E-state index contributed by atoms with van der Waals surface area (Å²) in [6.07, 6.45) is 5.58. The molecule has 0 saturated carbocycles. The summed E-state index contributed by atoms with van der Waals surface area (Å²) in [6.45, 7) is 4.78. The van der Waals surface area contributed by atoms with Gasteiger partial charge in [-0.05, 0) is 57.0 Å². The van der Waals surface area contributed by atoms with Crippen LogP contribution < -0.4 is 0 Å². The molecule has 3 saturated heterocycles. The van der Waals surface area contributed by atoms with Gasteiger partial charge in [-0.3, -0.25) is 14.5 Å². The summed E-state index contributed by atoms with van der Waals surface area (Å²) in [5.41, 5.74) is 0. The van der Waals surface area contributed by atoms with Gasteiger partial charge in [0.1, 0.15) is 0 Å². The fraction of sp³-hybridized carbons (Fsp3) is 0.889. The van der Waals surface area contributed by atoms with Crippen LogP contribution in [0.5, 0.6) is 0 Å². The second-order valence-electron chi connectivity index (χ2n) is 7.79. The molecule has 3 fully saturated rings. The second kappa shape index (κ2) is 7.83. The van der Waals surface area contributed by atoms with Crippen LogP contribution in [0.25, 0.3) is 0 Å². The van der Waals surface area contributed by atoms with E-state index in [1.54, 1.807) is 23.9 Å². The molecule has 0 unspecified atom stereocenters. The van der Waals surface area contributed by atoms with Crippen LogP contribution in [0.3, 0.4) is 0 Å². The number of rotatable bonds is 5. The molecule has 0 aliphatic carbocycles. The molecule has 3 aliphatic rings. The highest BCUT2D eigenvalue weighted by molar-refractivity contribution is 5.88. The molecule has 0 N–H and O–H groups in total. The van der Waals surface area contributed by atoms with Gasteiger partial charge >= 0.3 is 0 Å². The molecular weight excluding hydrogens is 306 g/mol. The summed E-state index contributed by atoms with van der Waals surface area (Å²) in [7, 11) is 3.50. The molecule has 0 spiro atoms. The topological polar surface area (TPSA) is 53.1 Å². The average Bonchev–Trinajstić information content (AvgIpc) is 2.59. The monoisotopic (exact) mass is 337 g/mol. The fourth-order valence-corrected chi connectivity index (χ4v) is 4.22. The van der Waals surface area contributed by atoms with Crippen LogP contribution in [0, 0.1) is 11.8 Å². The molecule has 0 aromatic carbocycles. The molecule has 6 nitrogen and oxygen atoms in total. The third-order valence-electron chi connectivity index (χ3n) is 5.89. The van der Waals surface area contributed by atoms with Crippen LogP contribution in [0.4, 0.5) is 0 Å². The van der Waals surface area contributed by atoms with Crippen LogP contribution in [0.2, 0.25) is 0 Å². The lowest BCUT2D eigenvalue weighted by molar-refractivity contribution is -0.150. The number of piperidine rings is 2. The van der Waals surface area contributed by atoms with E-state index >= 15 is 0 Å². The van der Waals surface area contributed by atoms with Crippen molar-refractivity contribution in [2.24, 2.45) is 11.8 Å². The van der Waals surface area contributed by atoms with Crippen molar-refractivity contribution in [3.05, 3.63) is 0 Å². The van der Waals surface area contributed by atoms with Crippen molar-refractivity contribution in [1.29, 1.82) is 0 Å². The van der Waals surface area contributed by atoms with E-state index in [2.05, 4.69) is 4.90 Å². The van der Waals surface area contributed by atoms with Crippen molar-refractivity contribution in [3.63, 3.8) is 0 Å². The molecule has 3 heterocycles. The van der Waals surface area contributed by atoms with E-state index in [1.807, 2.05) is 0 Å². The van der Waals surface area contributed by atoms with Crippen LogP contribution in [0.1, 0.15) is 32.1 Å². The summed E-state index contributed by atoms with van der Waals surface area (Å²) in [5, 5.41) is 0. The molecule has 3 aliphatic heterocycles. The third-order valence-corrected chi connectivity index (χ3v) is 5.89. The fourth-order valence-electron chi connectivity index (χ4n) is 4.22. The molecule has 0 radical (unpaired) electrons. The third kappa shape index (κ3) is 4.09. The molecule has 0 aromatic rings. The van der Waals surface area contributed by atoms with Gasteiger partial charge < -0.3 is 14.5 Å². The first-order valence-corrected chi connectivity index (χ1v) is 9.35. The average molecular weight is 337 g/mol. The van der Waals surface area contributed by atoms with Crippen molar-refractivity contribution in [3.8, 4) is 0 Å². The summed E-state index contributed by atoms with van der Waals surface area (Å²) in [6, 6.07) is -0.00713. The number of hydrogen-bond acceptors (Lipinski definition) is 4. The Morgan fingerprint density at radius 1 is 1.25 bits per heavy atom. The van der Waals surface area contributed by atoms with Crippen LogP contribution in [-0.2, 0) is 14.3 Å². The van der Waals surface area contributed by atoms with Gasteiger partial charge in [0.15, 0.2) is 0 Å². The Balaban J connectivity index is 1.56. The highest BCUT2D eigenvalue weighted by Crippen LogP contribution is 2.31. The van der Waals surface area contributed by atoms with Crippen molar-refractivity contribution >= 4 is 11.8 Å². The largest absolute Gasteiger partial charge is 0.381 e. The molecule has 2 bridgehead atoms. The van der Waals surface area contributed by atoms with E-state index in [1.165, 1.54) is 0 Å². The minimum absolute atomic E-state index is 0.00713. The number of nitrogens with zero attached hydrogens (tertiary/aromatic N) is 3.